The number of aliphatic hydroxyl groups is 1. The first-order valence-electron chi connectivity index (χ1n) is 14.0. The number of morpholine rings is 1. The number of hydrogen-bond acceptors (Lipinski definition) is 9. The maximum absolute atomic E-state index is 12.9. The molecule has 12 heteroatoms. The number of carbonyl (C=O) groups excluding carboxylic acids is 1. The number of nitrogens with one attached hydrogen (secondary N) is 1. The Balaban J connectivity index is 1.55. The Morgan fingerprint density at radius 3 is 2.67 bits per heavy atom. The van der Waals surface area contributed by atoms with Crippen LogP contribution in [0.3, 0.4) is 0 Å². The first kappa shape index (κ1) is 31.4. The summed E-state index contributed by atoms with van der Waals surface area (Å²) in [6, 6.07) is 7.23. The molecular formula is C28H44N2O8S2. The summed E-state index contributed by atoms with van der Waals surface area (Å²) in [6.07, 6.45) is 1.48. The van der Waals surface area contributed by atoms with Crippen LogP contribution in [0.5, 0.6) is 0 Å². The number of methoxy groups -OCH3 is 1. The monoisotopic (exact) mass is 600 g/mol. The molecule has 0 bridgehead atoms. The number of ether oxygens (including phenoxy) is 4. The molecule has 10 nitrogen and oxygen atoms in total. The number of amides is 1. The lowest BCUT2D eigenvalue weighted by Gasteiger charge is -2.50. The average Bonchev–Trinajstić information content (AvgIpc) is 3.58. The van der Waals surface area contributed by atoms with Crippen LogP contribution >= 0.6 is 11.8 Å². The molecule has 40 heavy (non-hydrogen) atoms. The van der Waals surface area contributed by atoms with Crippen molar-refractivity contribution in [2.45, 2.75) is 81.4 Å². The highest BCUT2D eigenvalue weighted by atomic mass is 32.2. The molecule has 6 atom stereocenters. The molecule has 226 valence electrons. The highest BCUT2D eigenvalue weighted by Gasteiger charge is 2.70. The predicted octanol–water partition coefficient (Wildman–Crippen LogP) is 3.74. The van der Waals surface area contributed by atoms with E-state index in [1.807, 2.05) is 6.07 Å². The van der Waals surface area contributed by atoms with Gasteiger partial charge in [-0.3, -0.25) is 4.72 Å². The number of rotatable bonds is 11. The third-order valence-corrected chi connectivity index (χ3v) is 10.3. The summed E-state index contributed by atoms with van der Waals surface area (Å²) in [4.78, 5) is 15.4. The van der Waals surface area contributed by atoms with Gasteiger partial charge in [-0.2, -0.15) is 0 Å². The fourth-order valence-corrected chi connectivity index (χ4v) is 7.99. The van der Waals surface area contributed by atoms with E-state index in [1.54, 1.807) is 42.0 Å². The number of nitrogens with zero attached hydrogens (tertiary/aromatic N) is 1. The van der Waals surface area contributed by atoms with Gasteiger partial charge in [-0.1, -0.05) is 19.9 Å². The van der Waals surface area contributed by atoms with Crippen LogP contribution in [0, 0.1) is 11.3 Å². The summed E-state index contributed by atoms with van der Waals surface area (Å²) in [5, 5.41) is 12.0. The van der Waals surface area contributed by atoms with Crippen molar-refractivity contribution in [3.8, 4) is 0 Å². The second-order valence-electron chi connectivity index (χ2n) is 11.7. The van der Waals surface area contributed by atoms with E-state index in [0.717, 1.165) is 24.0 Å². The van der Waals surface area contributed by atoms with Gasteiger partial charge in [-0.15, -0.1) is 11.8 Å². The number of anilines is 1. The molecule has 2 aliphatic heterocycles. The lowest BCUT2D eigenvalue weighted by Crippen LogP contribution is -2.62. The van der Waals surface area contributed by atoms with E-state index in [0.29, 0.717) is 56.5 Å². The summed E-state index contributed by atoms with van der Waals surface area (Å²) in [5.41, 5.74) is -0.769. The summed E-state index contributed by atoms with van der Waals surface area (Å²) >= 11 is 1.55. The summed E-state index contributed by atoms with van der Waals surface area (Å²) < 4.78 is 49.5. The molecule has 1 aliphatic carbocycles. The highest BCUT2D eigenvalue weighted by Crippen LogP contribution is 2.60. The van der Waals surface area contributed by atoms with Crippen LogP contribution in [0.25, 0.3) is 0 Å². The van der Waals surface area contributed by atoms with Gasteiger partial charge in [-0.25, -0.2) is 13.2 Å². The van der Waals surface area contributed by atoms with Gasteiger partial charge >= 0.3 is 6.09 Å². The molecule has 1 aromatic carbocycles. The largest absolute Gasteiger partial charge is 0.443 e. The zero-order chi connectivity index (χ0) is 29.1. The van der Waals surface area contributed by atoms with Crippen molar-refractivity contribution < 1.29 is 37.3 Å². The first-order valence-corrected chi connectivity index (χ1v) is 16.9. The molecule has 0 radical (unpaired) electrons. The van der Waals surface area contributed by atoms with Crippen LogP contribution in [-0.2, 0) is 29.0 Å². The fraction of sp³-hybridized carbons (Fsp3) is 0.750. The van der Waals surface area contributed by atoms with E-state index in [9.17, 15) is 18.3 Å². The summed E-state index contributed by atoms with van der Waals surface area (Å²) in [6.45, 7) is 8.36. The minimum atomic E-state index is -3.41. The van der Waals surface area contributed by atoms with Gasteiger partial charge in [0.05, 0.1) is 31.7 Å². The molecule has 2 saturated heterocycles. The predicted molar refractivity (Wildman–Crippen MR) is 154 cm³/mol. The van der Waals surface area contributed by atoms with Crippen molar-refractivity contribution in [3.63, 3.8) is 0 Å². The first-order chi connectivity index (χ1) is 18.9. The van der Waals surface area contributed by atoms with Gasteiger partial charge in [0, 0.05) is 42.0 Å². The SMILES string of the molecule is COC1C(OC(=O)N2CCOCC2)CCC(CSc2cccc(NS(C)(=O)=O)c2)(C2(C)OC2CCC(C)C)C1O. The Labute approximate surface area is 242 Å². The van der Waals surface area contributed by atoms with E-state index in [1.165, 1.54) is 0 Å². The number of benzene rings is 1. The maximum Gasteiger partial charge on any atom is 0.410 e. The Hall–Kier alpha value is -1.57. The minimum Gasteiger partial charge on any atom is -0.443 e. The molecule has 1 amide bonds. The molecule has 2 heterocycles. The van der Waals surface area contributed by atoms with Crippen molar-refractivity contribution >= 4 is 33.6 Å². The zero-order valence-electron chi connectivity index (χ0n) is 24.1. The molecule has 3 aliphatic rings. The van der Waals surface area contributed by atoms with Crippen LogP contribution in [0.1, 0.15) is 46.5 Å². The quantitative estimate of drug-likeness (QED) is 0.289. The number of thioether (sulfide) groups is 1. The highest BCUT2D eigenvalue weighted by molar-refractivity contribution is 7.99. The minimum absolute atomic E-state index is 0.00772. The standard InChI is InChI=1S/C28H44N2O8S2/c1-19(2)9-10-23-27(3,38-23)28(18-39-21-8-6-7-20(17-21)29-40(5,33)34)12-11-22(24(35-4)25(28)31)37-26(32)30-13-15-36-16-14-30/h6-8,17,19,22-25,29,31H,9-16,18H2,1-5H3. The Morgan fingerprint density at radius 1 is 1.30 bits per heavy atom. The Bertz CT molecular complexity index is 1130. The number of epoxide rings is 1. The fourth-order valence-electron chi connectivity index (χ4n) is 6.02. The lowest BCUT2D eigenvalue weighted by atomic mass is 9.62. The number of aliphatic hydroxyl groups excluding tert-OH is 1. The van der Waals surface area contributed by atoms with E-state index in [-0.39, 0.29) is 6.10 Å². The molecule has 0 spiro atoms. The zero-order valence-corrected chi connectivity index (χ0v) is 25.8. The van der Waals surface area contributed by atoms with Gasteiger partial charge in [-0.05, 0) is 56.7 Å². The summed E-state index contributed by atoms with van der Waals surface area (Å²) in [7, 11) is -1.87. The van der Waals surface area contributed by atoms with Crippen LogP contribution in [0.15, 0.2) is 29.2 Å². The van der Waals surface area contributed by atoms with Gasteiger partial charge in [0.2, 0.25) is 10.0 Å². The van der Waals surface area contributed by atoms with Crippen LogP contribution in [0.2, 0.25) is 0 Å². The Morgan fingerprint density at radius 2 is 2.02 bits per heavy atom. The number of hydrogen-bond donors (Lipinski definition) is 2. The molecule has 4 rings (SSSR count). The average molecular weight is 601 g/mol. The smallest absolute Gasteiger partial charge is 0.410 e. The van der Waals surface area contributed by atoms with Gasteiger partial charge in [0.15, 0.2) is 0 Å². The van der Waals surface area contributed by atoms with Crippen molar-refractivity contribution in [1.82, 2.24) is 4.90 Å². The molecule has 2 N–H and O–H groups in total. The summed E-state index contributed by atoms with van der Waals surface area (Å²) in [5.74, 6) is 1.06. The van der Waals surface area contributed by atoms with Crippen molar-refractivity contribution in [2.24, 2.45) is 11.3 Å². The molecule has 0 aromatic heterocycles. The third kappa shape index (κ3) is 7.07. The van der Waals surface area contributed by atoms with Crippen LogP contribution in [-0.4, -0.2) is 100.0 Å². The van der Waals surface area contributed by atoms with E-state index in [4.69, 9.17) is 18.9 Å². The van der Waals surface area contributed by atoms with Gasteiger partial charge in [0.25, 0.3) is 0 Å². The van der Waals surface area contributed by atoms with Crippen molar-refractivity contribution in [3.05, 3.63) is 24.3 Å². The van der Waals surface area contributed by atoms with E-state index in [2.05, 4.69) is 25.5 Å². The van der Waals surface area contributed by atoms with E-state index < -0.39 is 45.4 Å². The lowest BCUT2D eigenvalue weighted by molar-refractivity contribution is -0.173. The van der Waals surface area contributed by atoms with Crippen molar-refractivity contribution in [1.29, 1.82) is 0 Å². The molecule has 1 saturated carbocycles. The van der Waals surface area contributed by atoms with E-state index >= 15 is 0 Å². The Kier molecular flexibility index (Phi) is 9.99. The van der Waals surface area contributed by atoms with Crippen LogP contribution < -0.4 is 4.72 Å². The molecule has 3 fully saturated rings. The third-order valence-electron chi connectivity index (χ3n) is 8.49. The normalized spacial score (nSPS) is 32.6. The topological polar surface area (TPSA) is 127 Å². The molecule has 6 unspecified atom stereocenters. The maximum atomic E-state index is 12.9. The number of sulfonamides is 1. The second-order valence-corrected chi connectivity index (χ2v) is 14.5. The molecular weight excluding hydrogens is 556 g/mol. The van der Waals surface area contributed by atoms with Crippen molar-refractivity contribution in [2.75, 3.05) is 50.1 Å². The number of carbonyl (C=O) groups is 1. The van der Waals surface area contributed by atoms with Gasteiger partial charge < -0.3 is 29.0 Å². The van der Waals surface area contributed by atoms with Crippen LogP contribution in [0.4, 0.5) is 10.5 Å². The van der Waals surface area contributed by atoms with Gasteiger partial charge in [0.1, 0.15) is 17.8 Å². The second kappa shape index (κ2) is 12.7. The molecule has 1 aromatic rings.